The second kappa shape index (κ2) is 5.06. The Morgan fingerprint density at radius 1 is 1.20 bits per heavy atom. The van der Waals surface area contributed by atoms with Gasteiger partial charge < -0.3 is 10.1 Å². The summed E-state index contributed by atoms with van der Waals surface area (Å²) in [6.07, 6.45) is 0. The molecule has 0 saturated carbocycles. The third-order valence-electron chi connectivity index (χ3n) is 2.79. The SMILES string of the molecule is COc1ccc(NC(C)C(C)C)cc1C. The standard InChI is InChI=1S/C13H21NO/c1-9(2)11(4)14-12-6-7-13(15-5)10(3)8-12/h6-9,11,14H,1-5H3. The molecule has 0 radical (unpaired) electrons. The fourth-order valence-corrected chi connectivity index (χ4v) is 1.40. The van der Waals surface area contributed by atoms with Crippen LogP contribution in [0.3, 0.4) is 0 Å². The minimum atomic E-state index is 0.484. The van der Waals surface area contributed by atoms with Crippen LogP contribution in [-0.2, 0) is 0 Å². The Morgan fingerprint density at radius 3 is 2.33 bits per heavy atom. The van der Waals surface area contributed by atoms with Crippen molar-refractivity contribution in [1.29, 1.82) is 0 Å². The molecule has 1 rings (SSSR count). The zero-order valence-electron chi connectivity index (χ0n) is 10.3. The van der Waals surface area contributed by atoms with Crippen molar-refractivity contribution in [2.45, 2.75) is 33.7 Å². The van der Waals surface area contributed by atoms with Crippen molar-refractivity contribution in [2.24, 2.45) is 5.92 Å². The number of hydrogen-bond donors (Lipinski definition) is 1. The van der Waals surface area contributed by atoms with Gasteiger partial charge >= 0.3 is 0 Å². The van der Waals surface area contributed by atoms with E-state index in [1.54, 1.807) is 7.11 Å². The molecule has 0 spiro atoms. The van der Waals surface area contributed by atoms with Gasteiger partial charge in [-0.25, -0.2) is 0 Å². The van der Waals surface area contributed by atoms with Crippen LogP contribution in [0.25, 0.3) is 0 Å². The highest BCUT2D eigenvalue weighted by molar-refractivity contribution is 5.51. The molecule has 2 nitrogen and oxygen atoms in total. The maximum atomic E-state index is 5.22. The highest BCUT2D eigenvalue weighted by atomic mass is 16.5. The summed E-state index contributed by atoms with van der Waals surface area (Å²) in [5, 5.41) is 3.48. The van der Waals surface area contributed by atoms with Crippen LogP contribution in [-0.4, -0.2) is 13.2 Å². The highest BCUT2D eigenvalue weighted by Gasteiger charge is 2.07. The summed E-state index contributed by atoms with van der Waals surface area (Å²) in [6.45, 7) is 8.69. The van der Waals surface area contributed by atoms with Crippen molar-refractivity contribution >= 4 is 5.69 Å². The monoisotopic (exact) mass is 207 g/mol. The van der Waals surface area contributed by atoms with E-state index < -0.39 is 0 Å². The molecule has 15 heavy (non-hydrogen) atoms. The van der Waals surface area contributed by atoms with Gasteiger partial charge in [-0.1, -0.05) is 13.8 Å². The molecular weight excluding hydrogens is 186 g/mol. The first-order valence-corrected chi connectivity index (χ1v) is 5.45. The van der Waals surface area contributed by atoms with Crippen molar-refractivity contribution in [3.8, 4) is 5.75 Å². The predicted molar refractivity (Wildman–Crippen MR) is 65.7 cm³/mol. The molecule has 1 aromatic carbocycles. The minimum absolute atomic E-state index is 0.484. The van der Waals surface area contributed by atoms with Gasteiger partial charge in [0.05, 0.1) is 7.11 Å². The van der Waals surface area contributed by atoms with E-state index >= 15 is 0 Å². The van der Waals surface area contributed by atoms with Gasteiger partial charge in [-0.05, 0) is 43.5 Å². The summed E-state index contributed by atoms with van der Waals surface area (Å²) < 4.78 is 5.22. The number of aryl methyl sites for hydroxylation is 1. The first kappa shape index (κ1) is 11.9. The van der Waals surface area contributed by atoms with E-state index in [9.17, 15) is 0 Å². The molecule has 0 amide bonds. The summed E-state index contributed by atoms with van der Waals surface area (Å²) in [5.74, 6) is 1.57. The third kappa shape index (κ3) is 3.15. The Hall–Kier alpha value is -1.18. The van der Waals surface area contributed by atoms with Crippen LogP contribution in [0.2, 0.25) is 0 Å². The van der Waals surface area contributed by atoms with Crippen molar-refractivity contribution in [3.63, 3.8) is 0 Å². The molecule has 1 unspecified atom stereocenters. The van der Waals surface area contributed by atoms with E-state index in [1.165, 1.54) is 5.56 Å². The molecule has 84 valence electrons. The summed E-state index contributed by atoms with van der Waals surface area (Å²) >= 11 is 0. The van der Waals surface area contributed by atoms with Crippen molar-refractivity contribution in [3.05, 3.63) is 23.8 Å². The predicted octanol–water partition coefficient (Wildman–Crippen LogP) is 3.46. The number of ether oxygens (including phenoxy) is 1. The fraction of sp³-hybridized carbons (Fsp3) is 0.538. The molecular formula is C13H21NO. The van der Waals surface area contributed by atoms with Crippen LogP contribution in [0, 0.1) is 12.8 Å². The number of anilines is 1. The second-order valence-corrected chi connectivity index (χ2v) is 4.36. The normalized spacial score (nSPS) is 12.7. The van der Waals surface area contributed by atoms with Gasteiger partial charge in [0.2, 0.25) is 0 Å². The lowest BCUT2D eigenvalue weighted by Gasteiger charge is -2.19. The fourth-order valence-electron chi connectivity index (χ4n) is 1.40. The average Bonchev–Trinajstić information content (AvgIpc) is 2.18. The lowest BCUT2D eigenvalue weighted by molar-refractivity contribution is 0.411. The lowest BCUT2D eigenvalue weighted by atomic mass is 10.1. The molecule has 0 bridgehead atoms. The van der Waals surface area contributed by atoms with Gasteiger partial charge in [0.1, 0.15) is 5.75 Å². The number of rotatable bonds is 4. The van der Waals surface area contributed by atoms with E-state index in [4.69, 9.17) is 4.74 Å². The Balaban J connectivity index is 2.75. The van der Waals surface area contributed by atoms with Gasteiger partial charge in [0.25, 0.3) is 0 Å². The summed E-state index contributed by atoms with van der Waals surface area (Å²) in [4.78, 5) is 0. The largest absolute Gasteiger partial charge is 0.496 e. The van der Waals surface area contributed by atoms with E-state index in [-0.39, 0.29) is 0 Å². The van der Waals surface area contributed by atoms with Crippen LogP contribution >= 0.6 is 0 Å². The Morgan fingerprint density at radius 2 is 1.87 bits per heavy atom. The van der Waals surface area contributed by atoms with Crippen molar-refractivity contribution in [1.82, 2.24) is 0 Å². The Kier molecular flexibility index (Phi) is 4.01. The number of methoxy groups -OCH3 is 1. The van der Waals surface area contributed by atoms with Crippen molar-refractivity contribution < 1.29 is 4.74 Å². The van der Waals surface area contributed by atoms with Crippen LogP contribution in [0.1, 0.15) is 26.3 Å². The molecule has 0 fully saturated rings. The number of benzene rings is 1. The highest BCUT2D eigenvalue weighted by Crippen LogP contribution is 2.22. The number of nitrogens with one attached hydrogen (secondary N) is 1. The molecule has 0 aromatic heterocycles. The van der Waals surface area contributed by atoms with E-state index in [0.29, 0.717) is 12.0 Å². The summed E-state index contributed by atoms with van der Waals surface area (Å²) in [5.41, 5.74) is 2.33. The third-order valence-corrected chi connectivity index (χ3v) is 2.79. The molecule has 0 aliphatic heterocycles. The van der Waals surface area contributed by atoms with Gasteiger partial charge in [-0.3, -0.25) is 0 Å². The van der Waals surface area contributed by atoms with Crippen molar-refractivity contribution in [2.75, 3.05) is 12.4 Å². The molecule has 1 N–H and O–H groups in total. The molecule has 1 aromatic rings. The summed E-state index contributed by atoms with van der Waals surface area (Å²) in [6, 6.07) is 6.67. The maximum absolute atomic E-state index is 5.22. The maximum Gasteiger partial charge on any atom is 0.121 e. The van der Waals surface area contributed by atoms with E-state index in [0.717, 1.165) is 11.4 Å². The topological polar surface area (TPSA) is 21.3 Å². The molecule has 0 aliphatic carbocycles. The molecule has 1 atom stereocenters. The van der Waals surface area contributed by atoms with Crippen LogP contribution in [0.5, 0.6) is 5.75 Å². The number of hydrogen-bond acceptors (Lipinski definition) is 2. The quantitative estimate of drug-likeness (QED) is 0.816. The molecule has 0 aliphatic rings. The van der Waals surface area contributed by atoms with E-state index in [1.807, 2.05) is 6.07 Å². The minimum Gasteiger partial charge on any atom is -0.496 e. The van der Waals surface area contributed by atoms with Gasteiger partial charge in [0, 0.05) is 11.7 Å². The molecule has 2 heteroatoms. The first-order valence-electron chi connectivity index (χ1n) is 5.45. The van der Waals surface area contributed by atoms with Crippen LogP contribution in [0.15, 0.2) is 18.2 Å². The average molecular weight is 207 g/mol. The Labute approximate surface area is 92.6 Å². The smallest absolute Gasteiger partial charge is 0.121 e. The molecule has 0 heterocycles. The zero-order chi connectivity index (χ0) is 11.4. The van der Waals surface area contributed by atoms with Crippen LogP contribution in [0.4, 0.5) is 5.69 Å². The van der Waals surface area contributed by atoms with E-state index in [2.05, 4.69) is 45.1 Å². The zero-order valence-corrected chi connectivity index (χ0v) is 10.3. The Bertz CT molecular complexity index is 320. The summed E-state index contributed by atoms with van der Waals surface area (Å²) in [7, 11) is 1.70. The van der Waals surface area contributed by atoms with Crippen LogP contribution < -0.4 is 10.1 Å². The first-order chi connectivity index (χ1) is 7.04. The molecule has 0 saturated heterocycles. The van der Waals surface area contributed by atoms with Gasteiger partial charge in [-0.2, -0.15) is 0 Å². The van der Waals surface area contributed by atoms with Gasteiger partial charge in [0.15, 0.2) is 0 Å². The lowest BCUT2D eigenvalue weighted by Crippen LogP contribution is -2.21. The van der Waals surface area contributed by atoms with Gasteiger partial charge in [-0.15, -0.1) is 0 Å². The second-order valence-electron chi connectivity index (χ2n) is 4.36.